The third-order valence-corrected chi connectivity index (χ3v) is 1.87. The van der Waals surface area contributed by atoms with Gasteiger partial charge in [-0.3, -0.25) is 4.79 Å². The summed E-state index contributed by atoms with van der Waals surface area (Å²) in [6.45, 7) is 6.05. The third kappa shape index (κ3) is 8.08. The number of amides is 2. The summed E-state index contributed by atoms with van der Waals surface area (Å²) in [5.41, 5.74) is 4.53. The maximum atomic E-state index is 11.5. The van der Waals surface area contributed by atoms with E-state index < -0.39 is 5.60 Å². The van der Waals surface area contributed by atoms with Gasteiger partial charge in [0.2, 0.25) is 5.91 Å². The summed E-state index contributed by atoms with van der Waals surface area (Å²) in [5, 5.41) is 0. The van der Waals surface area contributed by atoms with Gasteiger partial charge >= 0.3 is 6.09 Å². The standard InChI is InChI=1S/C11H22N2O3/c1-11(2,3)16-10(15)13(4)8-6-5-7-9(12)14/h5-8H2,1-4H3,(H2,12,14). The Hall–Kier alpha value is -1.26. The Morgan fingerprint density at radius 2 is 1.81 bits per heavy atom. The number of nitrogens with zero attached hydrogens (tertiary/aromatic N) is 1. The second-order valence-electron chi connectivity index (χ2n) is 4.83. The van der Waals surface area contributed by atoms with Crippen LogP contribution in [0.4, 0.5) is 4.79 Å². The number of nitrogens with two attached hydrogens (primary N) is 1. The van der Waals surface area contributed by atoms with Crippen molar-refractivity contribution in [2.45, 2.75) is 45.6 Å². The lowest BCUT2D eigenvalue weighted by molar-refractivity contribution is -0.118. The van der Waals surface area contributed by atoms with E-state index in [1.807, 2.05) is 20.8 Å². The largest absolute Gasteiger partial charge is 0.444 e. The van der Waals surface area contributed by atoms with Crippen LogP contribution in [0.3, 0.4) is 0 Å². The van der Waals surface area contributed by atoms with Gasteiger partial charge in [-0.1, -0.05) is 0 Å². The molecular formula is C11H22N2O3. The van der Waals surface area contributed by atoms with Gasteiger partial charge in [-0.05, 0) is 33.6 Å². The molecule has 0 fully saturated rings. The molecule has 2 amide bonds. The Labute approximate surface area is 96.9 Å². The topological polar surface area (TPSA) is 72.6 Å². The van der Waals surface area contributed by atoms with Crippen LogP contribution in [-0.4, -0.2) is 36.1 Å². The molecule has 2 N–H and O–H groups in total. The lowest BCUT2D eigenvalue weighted by Gasteiger charge is -2.24. The predicted octanol–water partition coefficient (Wildman–Crippen LogP) is 1.51. The first kappa shape index (κ1) is 14.7. The van der Waals surface area contributed by atoms with Crippen LogP contribution in [0.1, 0.15) is 40.0 Å². The van der Waals surface area contributed by atoms with Gasteiger partial charge in [0.15, 0.2) is 0 Å². The molecule has 0 aromatic carbocycles. The molecule has 0 aliphatic heterocycles. The van der Waals surface area contributed by atoms with Crippen LogP contribution in [-0.2, 0) is 9.53 Å². The summed E-state index contributed by atoms with van der Waals surface area (Å²) < 4.78 is 5.17. The van der Waals surface area contributed by atoms with Gasteiger partial charge in [-0.2, -0.15) is 0 Å². The summed E-state index contributed by atoms with van der Waals surface area (Å²) in [6, 6.07) is 0. The maximum Gasteiger partial charge on any atom is 0.410 e. The molecule has 5 nitrogen and oxygen atoms in total. The molecule has 0 aliphatic carbocycles. The van der Waals surface area contributed by atoms with Crippen molar-refractivity contribution in [3.63, 3.8) is 0 Å². The molecule has 0 aliphatic rings. The van der Waals surface area contributed by atoms with Gasteiger partial charge in [-0.15, -0.1) is 0 Å². The Bertz CT molecular complexity index is 246. The van der Waals surface area contributed by atoms with Crippen molar-refractivity contribution in [3.05, 3.63) is 0 Å². The van der Waals surface area contributed by atoms with Gasteiger partial charge in [0.05, 0.1) is 0 Å². The highest BCUT2D eigenvalue weighted by Crippen LogP contribution is 2.09. The summed E-state index contributed by atoms with van der Waals surface area (Å²) in [4.78, 5) is 23.5. The summed E-state index contributed by atoms with van der Waals surface area (Å²) in [6.07, 6.45) is 1.47. The van der Waals surface area contributed by atoms with Gasteiger partial charge in [-0.25, -0.2) is 4.79 Å². The molecule has 0 atom stereocenters. The Balaban J connectivity index is 3.76. The molecule has 0 aromatic heterocycles. The zero-order chi connectivity index (χ0) is 12.8. The van der Waals surface area contributed by atoms with Gasteiger partial charge in [0, 0.05) is 20.0 Å². The number of carbonyl (C=O) groups excluding carboxylic acids is 2. The molecule has 0 spiro atoms. The SMILES string of the molecule is CN(CCCCC(N)=O)C(=O)OC(C)(C)C. The van der Waals surface area contributed by atoms with Crippen LogP contribution in [0.2, 0.25) is 0 Å². The minimum atomic E-state index is -0.474. The molecule has 0 radical (unpaired) electrons. The smallest absolute Gasteiger partial charge is 0.410 e. The van der Waals surface area contributed by atoms with Crippen molar-refractivity contribution < 1.29 is 14.3 Å². The molecule has 16 heavy (non-hydrogen) atoms. The molecule has 0 aromatic rings. The summed E-state index contributed by atoms with van der Waals surface area (Å²) in [5.74, 6) is -0.306. The highest BCUT2D eigenvalue weighted by Gasteiger charge is 2.18. The molecule has 0 heterocycles. The van der Waals surface area contributed by atoms with Crippen LogP contribution in [0.25, 0.3) is 0 Å². The molecule has 0 saturated carbocycles. The van der Waals surface area contributed by atoms with E-state index in [1.54, 1.807) is 7.05 Å². The summed E-state index contributed by atoms with van der Waals surface area (Å²) >= 11 is 0. The quantitative estimate of drug-likeness (QED) is 0.727. The van der Waals surface area contributed by atoms with Crippen LogP contribution in [0.15, 0.2) is 0 Å². The fourth-order valence-electron chi connectivity index (χ4n) is 1.08. The second-order valence-corrected chi connectivity index (χ2v) is 4.83. The monoisotopic (exact) mass is 230 g/mol. The third-order valence-electron chi connectivity index (χ3n) is 1.87. The lowest BCUT2D eigenvalue weighted by atomic mass is 10.2. The van der Waals surface area contributed by atoms with E-state index in [0.717, 1.165) is 6.42 Å². The van der Waals surface area contributed by atoms with Crippen molar-refractivity contribution in [1.29, 1.82) is 0 Å². The van der Waals surface area contributed by atoms with E-state index in [-0.39, 0.29) is 12.0 Å². The zero-order valence-electron chi connectivity index (χ0n) is 10.6. The zero-order valence-corrected chi connectivity index (χ0v) is 10.6. The number of primary amides is 1. The Morgan fingerprint density at radius 1 is 1.25 bits per heavy atom. The first-order chi connectivity index (χ1) is 7.22. The second kappa shape index (κ2) is 6.35. The molecule has 0 unspecified atom stereocenters. The predicted molar refractivity (Wildman–Crippen MR) is 61.9 cm³/mol. The number of hydrogen-bond donors (Lipinski definition) is 1. The maximum absolute atomic E-state index is 11.5. The van der Waals surface area contributed by atoms with Crippen molar-refractivity contribution >= 4 is 12.0 Å². The van der Waals surface area contributed by atoms with Gasteiger partial charge < -0.3 is 15.4 Å². The van der Waals surface area contributed by atoms with Gasteiger partial charge in [0.1, 0.15) is 5.60 Å². The normalized spacial score (nSPS) is 11.0. The van der Waals surface area contributed by atoms with E-state index in [2.05, 4.69) is 0 Å². The van der Waals surface area contributed by atoms with Crippen LogP contribution < -0.4 is 5.73 Å². The number of rotatable bonds is 5. The highest BCUT2D eigenvalue weighted by molar-refractivity contribution is 5.73. The van der Waals surface area contributed by atoms with E-state index in [4.69, 9.17) is 10.5 Å². The van der Waals surface area contributed by atoms with E-state index in [0.29, 0.717) is 19.4 Å². The minimum absolute atomic E-state index is 0.306. The molecule has 94 valence electrons. The van der Waals surface area contributed by atoms with Crippen LogP contribution in [0, 0.1) is 0 Å². The molecule has 0 rings (SSSR count). The fourth-order valence-corrected chi connectivity index (χ4v) is 1.08. The van der Waals surface area contributed by atoms with E-state index >= 15 is 0 Å². The average molecular weight is 230 g/mol. The van der Waals surface area contributed by atoms with E-state index in [1.165, 1.54) is 4.90 Å². The molecule has 0 bridgehead atoms. The first-order valence-electron chi connectivity index (χ1n) is 5.45. The minimum Gasteiger partial charge on any atom is -0.444 e. The average Bonchev–Trinajstić information content (AvgIpc) is 2.08. The molecule has 0 saturated heterocycles. The van der Waals surface area contributed by atoms with Crippen molar-refractivity contribution in [3.8, 4) is 0 Å². The summed E-state index contributed by atoms with van der Waals surface area (Å²) in [7, 11) is 1.68. The van der Waals surface area contributed by atoms with Crippen molar-refractivity contribution in [2.24, 2.45) is 5.73 Å². The van der Waals surface area contributed by atoms with Crippen molar-refractivity contribution in [2.75, 3.05) is 13.6 Å². The fraction of sp³-hybridized carbons (Fsp3) is 0.818. The number of hydrogen-bond acceptors (Lipinski definition) is 3. The Morgan fingerprint density at radius 3 is 2.25 bits per heavy atom. The van der Waals surface area contributed by atoms with Gasteiger partial charge in [0.25, 0.3) is 0 Å². The van der Waals surface area contributed by atoms with E-state index in [9.17, 15) is 9.59 Å². The molecule has 5 heteroatoms. The lowest BCUT2D eigenvalue weighted by Crippen LogP contribution is -2.34. The number of carbonyl (C=O) groups is 2. The van der Waals surface area contributed by atoms with Crippen LogP contribution in [0.5, 0.6) is 0 Å². The number of ether oxygens (including phenoxy) is 1. The Kier molecular flexibility index (Phi) is 5.85. The molecular weight excluding hydrogens is 208 g/mol. The van der Waals surface area contributed by atoms with Crippen molar-refractivity contribution in [1.82, 2.24) is 4.90 Å². The highest BCUT2D eigenvalue weighted by atomic mass is 16.6. The van der Waals surface area contributed by atoms with Crippen LogP contribution >= 0.6 is 0 Å². The number of unbranched alkanes of at least 4 members (excludes halogenated alkanes) is 1. The first-order valence-corrected chi connectivity index (χ1v) is 5.45.